The van der Waals surface area contributed by atoms with Crippen molar-refractivity contribution in [2.75, 3.05) is 18.1 Å². The molecule has 0 radical (unpaired) electrons. The van der Waals surface area contributed by atoms with Gasteiger partial charge in [-0.15, -0.1) is 0 Å². The predicted molar refractivity (Wildman–Crippen MR) is 119 cm³/mol. The molecule has 166 valence electrons. The number of esters is 1. The van der Waals surface area contributed by atoms with E-state index >= 15 is 0 Å². The van der Waals surface area contributed by atoms with Crippen molar-refractivity contribution in [1.29, 1.82) is 0 Å². The van der Waals surface area contributed by atoms with Crippen molar-refractivity contribution in [3.63, 3.8) is 0 Å². The summed E-state index contributed by atoms with van der Waals surface area (Å²) in [6.07, 6.45) is 0. The number of ether oxygens (including phenoxy) is 3. The van der Waals surface area contributed by atoms with Gasteiger partial charge in [0, 0.05) is 23.2 Å². The van der Waals surface area contributed by atoms with Gasteiger partial charge in [0.2, 0.25) is 0 Å². The van der Waals surface area contributed by atoms with Gasteiger partial charge in [0.15, 0.2) is 6.79 Å². The van der Waals surface area contributed by atoms with Crippen LogP contribution in [0.25, 0.3) is 0 Å². The third kappa shape index (κ3) is 4.43. The number of hydrogen-bond acceptors (Lipinski definition) is 6. The Balaban J connectivity index is 1.60. The number of rotatable bonds is 6. The van der Waals surface area contributed by atoms with E-state index in [9.17, 15) is 13.2 Å². The number of carbonyl (C=O) groups is 1. The van der Waals surface area contributed by atoms with Crippen LogP contribution >= 0.6 is 11.6 Å². The number of benzene rings is 3. The molecule has 1 aliphatic heterocycles. The topological polar surface area (TPSA) is 82.1 Å². The van der Waals surface area contributed by atoms with Gasteiger partial charge in [0.25, 0.3) is 10.0 Å². The van der Waals surface area contributed by atoms with E-state index in [-0.39, 0.29) is 23.9 Å². The van der Waals surface area contributed by atoms with Crippen LogP contribution in [0.2, 0.25) is 5.02 Å². The molecular weight excluding hydrogens is 454 g/mol. The van der Waals surface area contributed by atoms with E-state index in [4.69, 9.17) is 25.8 Å². The lowest BCUT2D eigenvalue weighted by atomic mass is 10.1. The summed E-state index contributed by atoms with van der Waals surface area (Å²) in [4.78, 5) is 12.7. The second-order valence-electron chi connectivity index (χ2n) is 7.04. The van der Waals surface area contributed by atoms with Crippen LogP contribution in [-0.4, -0.2) is 28.2 Å². The summed E-state index contributed by atoms with van der Waals surface area (Å²) >= 11 is 6.16. The highest BCUT2D eigenvalue weighted by Gasteiger charge is 2.28. The van der Waals surface area contributed by atoms with Gasteiger partial charge in [-0.1, -0.05) is 41.9 Å². The summed E-state index contributed by atoms with van der Waals surface area (Å²) in [6, 6.07) is 17.9. The minimum absolute atomic E-state index is 0.0598. The van der Waals surface area contributed by atoms with Crippen LogP contribution in [0.1, 0.15) is 21.5 Å². The molecular formula is C23H20ClNO6S. The fraction of sp³-hybridized carbons (Fsp3) is 0.174. The molecule has 9 heteroatoms. The molecule has 3 aromatic carbocycles. The van der Waals surface area contributed by atoms with E-state index in [1.165, 1.54) is 19.2 Å². The Hall–Kier alpha value is -3.07. The molecule has 1 heterocycles. The maximum absolute atomic E-state index is 13.2. The number of para-hydroxylation sites is 1. The van der Waals surface area contributed by atoms with Crippen molar-refractivity contribution in [1.82, 2.24) is 0 Å². The van der Waals surface area contributed by atoms with Crippen molar-refractivity contribution in [3.05, 3.63) is 88.4 Å². The highest BCUT2D eigenvalue weighted by atomic mass is 35.5. The van der Waals surface area contributed by atoms with E-state index < -0.39 is 16.0 Å². The molecule has 0 atom stereocenters. The first-order valence-corrected chi connectivity index (χ1v) is 11.5. The first-order chi connectivity index (χ1) is 15.4. The maximum atomic E-state index is 13.2. The second kappa shape index (κ2) is 9.20. The Labute approximate surface area is 191 Å². The quantitative estimate of drug-likeness (QED) is 0.494. The van der Waals surface area contributed by atoms with Crippen molar-refractivity contribution < 1.29 is 27.4 Å². The highest BCUT2D eigenvalue weighted by Crippen LogP contribution is 2.32. The summed E-state index contributed by atoms with van der Waals surface area (Å²) in [7, 11) is -2.57. The van der Waals surface area contributed by atoms with Gasteiger partial charge >= 0.3 is 5.97 Å². The van der Waals surface area contributed by atoms with Crippen LogP contribution in [0.4, 0.5) is 5.69 Å². The van der Waals surface area contributed by atoms with Crippen molar-refractivity contribution in [3.8, 4) is 5.75 Å². The lowest BCUT2D eigenvalue weighted by Crippen LogP contribution is -2.28. The predicted octanol–water partition coefficient (Wildman–Crippen LogP) is 4.39. The van der Waals surface area contributed by atoms with Gasteiger partial charge in [-0.2, -0.15) is 0 Å². The van der Waals surface area contributed by atoms with Crippen molar-refractivity contribution in [2.24, 2.45) is 0 Å². The molecule has 0 bridgehead atoms. The summed E-state index contributed by atoms with van der Waals surface area (Å²) in [5.41, 5.74) is 1.74. The average molecular weight is 474 g/mol. The Bertz CT molecular complexity index is 1250. The van der Waals surface area contributed by atoms with Gasteiger partial charge in [-0.05, 0) is 36.4 Å². The average Bonchev–Trinajstić information content (AvgIpc) is 2.82. The van der Waals surface area contributed by atoms with Gasteiger partial charge in [0.05, 0.1) is 17.9 Å². The van der Waals surface area contributed by atoms with E-state index in [1.807, 2.05) is 0 Å². The molecule has 32 heavy (non-hydrogen) atoms. The molecule has 1 aliphatic rings. The molecule has 0 aliphatic carbocycles. The number of carbonyl (C=O) groups excluding carboxylic acids is 1. The minimum Gasteiger partial charge on any atom is -0.467 e. The summed E-state index contributed by atoms with van der Waals surface area (Å²) in [5, 5.41) is 0.455. The Kier molecular flexibility index (Phi) is 6.36. The highest BCUT2D eigenvalue weighted by molar-refractivity contribution is 7.92. The smallest absolute Gasteiger partial charge is 0.339 e. The zero-order chi connectivity index (χ0) is 22.7. The molecule has 0 fully saturated rings. The van der Waals surface area contributed by atoms with Crippen LogP contribution in [0, 0.1) is 0 Å². The molecule has 4 rings (SSSR count). The molecule has 3 aromatic rings. The molecule has 0 amide bonds. The SMILES string of the molecule is CN(c1ccccc1)S(=O)(=O)c1ccccc1C(=O)OCc1cc(Cl)cc2c1OCOC2. The number of sulfonamides is 1. The van der Waals surface area contributed by atoms with Crippen molar-refractivity contribution in [2.45, 2.75) is 18.1 Å². The minimum atomic E-state index is -4.00. The van der Waals surface area contributed by atoms with Gasteiger partial charge < -0.3 is 14.2 Å². The zero-order valence-electron chi connectivity index (χ0n) is 17.2. The first-order valence-electron chi connectivity index (χ1n) is 9.70. The normalized spacial score (nSPS) is 13.1. The standard InChI is InChI=1S/C23H20ClNO6S/c1-25(19-7-3-2-4-8-19)32(27,28)21-10-6-5-9-20(21)23(26)30-14-17-12-18(24)11-16-13-29-15-31-22(16)17/h2-12H,13-15H2,1H3. The fourth-order valence-electron chi connectivity index (χ4n) is 3.37. The third-order valence-electron chi connectivity index (χ3n) is 4.98. The number of halogens is 1. The number of anilines is 1. The van der Waals surface area contributed by atoms with Crippen LogP contribution in [-0.2, 0) is 32.7 Å². The van der Waals surface area contributed by atoms with E-state index in [0.29, 0.717) is 28.6 Å². The summed E-state index contributed by atoms with van der Waals surface area (Å²) < 4.78 is 43.8. The third-order valence-corrected chi connectivity index (χ3v) is 7.04. The molecule has 0 N–H and O–H groups in total. The molecule has 0 unspecified atom stereocenters. The van der Waals surface area contributed by atoms with Gasteiger partial charge in [-0.3, -0.25) is 4.31 Å². The summed E-state index contributed by atoms with van der Waals surface area (Å²) in [5.74, 6) is -0.218. The van der Waals surface area contributed by atoms with Gasteiger partial charge in [0.1, 0.15) is 17.3 Å². The first kappa shape index (κ1) is 22.1. The maximum Gasteiger partial charge on any atom is 0.339 e. The van der Waals surface area contributed by atoms with Crippen LogP contribution in [0.3, 0.4) is 0 Å². The van der Waals surface area contributed by atoms with Crippen LogP contribution in [0.5, 0.6) is 5.75 Å². The number of hydrogen-bond donors (Lipinski definition) is 0. The van der Waals surface area contributed by atoms with Crippen molar-refractivity contribution >= 4 is 33.3 Å². The van der Waals surface area contributed by atoms with E-state index in [2.05, 4.69) is 0 Å². The van der Waals surface area contributed by atoms with Gasteiger partial charge in [-0.25, -0.2) is 13.2 Å². The van der Waals surface area contributed by atoms with E-state index in [1.54, 1.807) is 54.6 Å². The zero-order valence-corrected chi connectivity index (χ0v) is 18.7. The van der Waals surface area contributed by atoms with Crippen LogP contribution in [0.15, 0.2) is 71.6 Å². The molecule has 0 spiro atoms. The molecule has 0 saturated carbocycles. The summed E-state index contributed by atoms with van der Waals surface area (Å²) in [6.45, 7) is 0.289. The Morgan fingerprint density at radius 3 is 2.59 bits per heavy atom. The number of fused-ring (bicyclic) bond motifs is 1. The Morgan fingerprint density at radius 1 is 1.09 bits per heavy atom. The van der Waals surface area contributed by atoms with Crippen LogP contribution < -0.4 is 9.04 Å². The molecule has 0 saturated heterocycles. The second-order valence-corrected chi connectivity index (χ2v) is 9.42. The molecule has 0 aromatic heterocycles. The van der Waals surface area contributed by atoms with E-state index in [0.717, 1.165) is 9.87 Å². The monoisotopic (exact) mass is 473 g/mol. The molecule has 7 nitrogen and oxygen atoms in total. The lowest BCUT2D eigenvalue weighted by molar-refractivity contribution is -0.0180. The number of nitrogens with zero attached hydrogens (tertiary/aromatic N) is 1. The lowest BCUT2D eigenvalue weighted by Gasteiger charge is -2.22. The Morgan fingerprint density at radius 2 is 1.81 bits per heavy atom. The largest absolute Gasteiger partial charge is 0.467 e. The fourth-order valence-corrected chi connectivity index (χ4v) is 5.01.